The fourth-order valence-electron chi connectivity index (χ4n) is 0.960. The van der Waals surface area contributed by atoms with Gasteiger partial charge in [-0.05, 0) is 13.0 Å². The molecule has 0 amide bonds. The van der Waals surface area contributed by atoms with Crippen molar-refractivity contribution < 1.29 is 9.84 Å². The molecule has 0 aromatic carbocycles. The highest BCUT2D eigenvalue weighted by molar-refractivity contribution is 7.80. The highest BCUT2D eigenvalue weighted by atomic mass is 32.1. The largest absolute Gasteiger partial charge is 0.463 e. The quantitative estimate of drug-likeness (QED) is 0.551. The maximum atomic E-state index is 8.58. The number of nitrogens with two attached hydrogens (primary N) is 1. The Kier molecular flexibility index (Phi) is 4.38. The standard InChI is InChI=1S/C9H13N3O2S/c1-6-5-7(8(10)15)12-9(11-6)14-4-2-3-13/h5,13H,2-4H2,1H3,(H2,10,15). The van der Waals surface area contributed by atoms with Crippen molar-refractivity contribution in [3.05, 3.63) is 17.5 Å². The summed E-state index contributed by atoms with van der Waals surface area (Å²) in [6, 6.07) is 1.94. The number of thiocarbonyl (C=S) groups is 1. The highest BCUT2D eigenvalue weighted by Crippen LogP contribution is 2.07. The summed E-state index contributed by atoms with van der Waals surface area (Å²) >= 11 is 4.81. The summed E-state index contributed by atoms with van der Waals surface area (Å²) in [5.74, 6) is 0. The lowest BCUT2D eigenvalue weighted by molar-refractivity contribution is 0.224. The van der Waals surface area contributed by atoms with E-state index in [0.717, 1.165) is 5.69 Å². The van der Waals surface area contributed by atoms with Crippen LogP contribution in [0.15, 0.2) is 6.07 Å². The molecule has 0 spiro atoms. The molecule has 1 heterocycles. The Balaban J connectivity index is 2.75. The van der Waals surface area contributed by atoms with Crippen LogP contribution in [0.25, 0.3) is 0 Å². The molecule has 0 saturated carbocycles. The van der Waals surface area contributed by atoms with Gasteiger partial charge in [0.15, 0.2) is 0 Å². The van der Waals surface area contributed by atoms with Gasteiger partial charge in [-0.2, -0.15) is 4.98 Å². The average molecular weight is 227 g/mol. The summed E-state index contributed by atoms with van der Waals surface area (Å²) in [5, 5.41) is 8.58. The number of hydrogen-bond acceptors (Lipinski definition) is 5. The zero-order valence-corrected chi connectivity index (χ0v) is 9.25. The highest BCUT2D eigenvalue weighted by Gasteiger charge is 2.04. The SMILES string of the molecule is Cc1cc(C(N)=S)nc(OCCCO)n1. The fourth-order valence-corrected chi connectivity index (χ4v) is 1.06. The fraction of sp³-hybridized carbons (Fsp3) is 0.444. The van der Waals surface area contributed by atoms with Crippen LogP contribution in [0.2, 0.25) is 0 Å². The molecule has 0 bridgehead atoms. The lowest BCUT2D eigenvalue weighted by Crippen LogP contribution is -2.14. The van der Waals surface area contributed by atoms with E-state index in [9.17, 15) is 0 Å². The van der Waals surface area contributed by atoms with Gasteiger partial charge >= 0.3 is 6.01 Å². The topological polar surface area (TPSA) is 81.3 Å². The van der Waals surface area contributed by atoms with E-state index in [2.05, 4.69) is 9.97 Å². The molecule has 5 nitrogen and oxygen atoms in total. The Hall–Kier alpha value is -1.27. The van der Waals surface area contributed by atoms with Crippen molar-refractivity contribution in [3.8, 4) is 6.01 Å². The Morgan fingerprint density at radius 1 is 1.60 bits per heavy atom. The van der Waals surface area contributed by atoms with Crippen molar-refractivity contribution >= 4 is 17.2 Å². The number of hydrogen-bond donors (Lipinski definition) is 2. The van der Waals surface area contributed by atoms with Crippen LogP contribution < -0.4 is 10.5 Å². The minimum atomic E-state index is 0.0774. The molecule has 0 aliphatic heterocycles. The molecule has 6 heteroatoms. The molecule has 1 aromatic rings. The van der Waals surface area contributed by atoms with Gasteiger partial charge in [0.05, 0.1) is 6.61 Å². The van der Waals surface area contributed by atoms with Gasteiger partial charge in [-0.1, -0.05) is 12.2 Å². The normalized spacial score (nSPS) is 10.0. The molecule has 15 heavy (non-hydrogen) atoms. The Morgan fingerprint density at radius 2 is 2.33 bits per heavy atom. The van der Waals surface area contributed by atoms with Crippen molar-refractivity contribution in [1.29, 1.82) is 0 Å². The van der Waals surface area contributed by atoms with Gasteiger partial charge < -0.3 is 15.6 Å². The first-order chi connectivity index (χ1) is 7.13. The first-order valence-corrected chi connectivity index (χ1v) is 4.93. The lowest BCUT2D eigenvalue weighted by Gasteiger charge is -2.05. The Morgan fingerprint density at radius 3 is 2.93 bits per heavy atom. The van der Waals surface area contributed by atoms with E-state index in [-0.39, 0.29) is 17.6 Å². The summed E-state index contributed by atoms with van der Waals surface area (Å²) in [7, 11) is 0. The van der Waals surface area contributed by atoms with E-state index in [1.54, 1.807) is 6.07 Å². The van der Waals surface area contributed by atoms with E-state index >= 15 is 0 Å². The molecule has 3 N–H and O–H groups in total. The first kappa shape index (κ1) is 11.8. The van der Waals surface area contributed by atoms with Gasteiger partial charge in [-0.25, -0.2) is 4.98 Å². The number of rotatable bonds is 5. The van der Waals surface area contributed by atoms with E-state index in [4.69, 9.17) is 27.8 Å². The molecule has 0 saturated heterocycles. The molecular formula is C9H13N3O2S. The van der Waals surface area contributed by atoms with Gasteiger partial charge in [0.1, 0.15) is 10.7 Å². The lowest BCUT2D eigenvalue weighted by atomic mass is 10.3. The van der Waals surface area contributed by atoms with Gasteiger partial charge in [-0.3, -0.25) is 0 Å². The number of aryl methyl sites for hydroxylation is 1. The number of nitrogens with zero attached hydrogens (tertiary/aromatic N) is 2. The van der Waals surface area contributed by atoms with Crippen molar-refractivity contribution in [1.82, 2.24) is 9.97 Å². The van der Waals surface area contributed by atoms with Crippen molar-refractivity contribution in [2.45, 2.75) is 13.3 Å². The second kappa shape index (κ2) is 5.57. The van der Waals surface area contributed by atoms with Crippen LogP contribution in [0, 0.1) is 6.92 Å². The van der Waals surface area contributed by atoms with Crippen LogP contribution in [-0.2, 0) is 0 Å². The van der Waals surface area contributed by atoms with Crippen LogP contribution in [0.4, 0.5) is 0 Å². The third kappa shape index (κ3) is 3.77. The van der Waals surface area contributed by atoms with Gasteiger partial charge in [0.2, 0.25) is 0 Å². The molecule has 1 aromatic heterocycles. The van der Waals surface area contributed by atoms with Crippen molar-refractivity contribution in [3.63, 3.8) is 0 Å². The van der Waals surface area contributed by atoms with Crippen LogP contribution in [0.1, 0.15) is 17.8 Å². The van der Waals surface area contributed by atoms with Gasteiger partial charge in [-0.15, -0.1) is 0 Å². The Labute approximate surface area is 93.3 Å². The molecule has 0 aliphatic rings. The summed E-state index contributed by atoms with van der Waals surface area (Å²) < 4.78 is 5.22. The molecule has 0 aliphatic carbocycles. The molecule has 0 atom stereocenters. The number of aromatic nitrogens is 2. The summed E-state index contributed by atoms with van der Waals surface area (Å²) in [5.41, 5.74) is 6.69. The monoisotopic (exact) mass is 227 g/mol. The van der Waals surface area contributed by atoms with Crippen molar-refractivity contribution in [2.75, 3.05) is 13.2 Å². The molecule has 1 rings (SSSR count). The van der Waals surface area contributed by atoms with Crippen LogP contribution >= 0.6 is 12.2 Å². The molecular weight excluding hydrogens is 214 g/mol. The number of aliphatic hydroxyl groups is 1. The third-order valence-corrected chi connectivity index (χ3v) is 1.83. The molecule has 0 fully saturated rings. The van der Waals surface area contributed by atoms with E-state index < -0.39 is 0 Å². The van der Waals surface area contributed by atoms with Crippen LogP contribution in [-0.4, -0.2) is 33.3 Å². The minimum Gasteiger partial charge on any atom is -0.463 e. The van der Waals surface area contributed by atoms with E-state index in [0.29, 0.717) is 18.7 Å². The van der Waals surface area contributed by atoms with Crippen LogP contribution in [0.5, 0.6) is 6.01 Å². The second-order valence-corrected chi connectivity index (χ2v) is 3.41. The second-order valence-electron chi connectivity index (χ2n) is 2.97. The number of ether oxygens (including phenoxy) is 1. The van der Waals surface area contributed by atoms with Gasteiger partial charge in [0.25, 0.3) is 0 Å². The van der Waals surface area contributed by atoms with Crippen LogP contribution in [0.3, 0.4) is 0 Å². The smallest absolute Gasteiger partial charge is 0.317 e. The predicted molar refractivity (Wildman–Crippen MR) is 59.9 cm³/mol. The molecule has 0 unspecified atom stereocenters. The minimum absolute atomic E-state index is 0.0774. The zero-order chi connectivity index (χ0) is 11.3. The van der Waals surface area contributed by atoms with Crippen molar-refractivity contribution in [2.24, 2.45) is 5.73 Å². The van der Waals surface area contributed by atoms with E-state index in [1.807, 2.05) is 6.92 Å². The van der Waals surface area contributed by atoms with Gasteiger partial charge in [0, 0.05) is 18.7 Å². The third-order valence-electron chi connectivity index (χ3n) is 1.62. The molecule has 82 valence electrons. The molecule has 0 radical (unpaired) electrons. The average Bonchev–Trinajstić information content (AvgIpc) is 2.17. The Bertz CT molecular complexity index is 357. The first-order valence-electron chi connectivity index (χ1n) is 4.52. The van der Waals surface area contributed by atoms with E-state index in [1.165, 1.54) is 0 Å². The summed E-state index contributed by atoms with van der Waals surface area (Å²) in [6.45, 7) is 2.26. The summed E-state index contributed by atoms with van der Waals surface area (Å²) in [6.07, 6.45) is 0.541. The summed E-state index contributed by atoms with van der Waals surface area (Å²) in [4.78, 5) is 8.30. The zero-order valence-electron chi connectivity index (χ0n) is 8.43. The predicted octanol–water partition coefficient (Wildman–Crippen LogP) is 0.180. The maximum absolute atomic E-state index is 8.58. The maximum Gasteiger partial charge on any atom is 0.317 e. The number of aliphatic hydroxyl groups excluding tert-OH is 1.